The molecular formula is C23H25N5O2. The molecule has 2 amide bonds. The zero-order chi connectivity index (χ0) is 21.1. The van der Waals surface area contributed by atoms with E-state index in [1.54, 1.807) is 23.2 Å². The highest BCUT2D eigenvalue weighted by Crippen LogP contribution is 2.30. The van der Waals surface area contributed by atoms with E-state index in [9.17, 15) is 14.9 Å². The zero-order valence-corrected chi connectivity index (χ0v) is 17.1. The van der Waals surface area contributed by atoms with Gasteiger partial charge in [-0.25, -0.2) is 4.98 Å². The van der Waals surface area contributed by atoms with Gasteiger partial charge in [0.2, 0.25) is 11.8 Å². The first kappa shape index (κ1) is 19.9. The van der Waals surface area contributed by atoms with Crippen molar-refractivity contribution in [2.75, 3.05) is 42.5 Å². The fraction of sp³-hybridized carbons (Fsp3) is 0.391. The number of hydrogen-bond acceptors (Lipinski definition) is 5. The molecule has 2 saturated heterocycles. The number of nitrogens with zero attached hydrogens (tertiary/aromatic N) is 5. The SMILES string of the molecule is CCc1ccccc1N1CC(C(=O)N2CCN(c3ncccc3C#N)CC2)CC1=O. The van der Waals surface area contributed by atoms with Crippen molar-refractivity contribution in [1.29, 1.82) is 5.26 Å². The largest absolute Gasteiger partial charge is 0.352 e. The van der Waals surface area contributed by atoms with Crippen molar-refractivity contribution in [2.45, 2.75) is 19.8 Å². The summed E-state index contributed by atoms with van der Waals surface area (Å²) in [5, 5.41) is 9.30. The summed E-state index contributed by atoms with van der Waals surface area (Å²) in [7, 11) is 0. The van der Waals surface area contributed by atoms with E-state index in [-0.39, 0.29) is 24.2 Å². The van der Waals surface area contributed by atoms with Gasteiger partial charge in [0.15, 0.2) is 0 Å². The van der Waals surface area contributed by atoms with Crippen LogP contribution in [-0.2, 0) is 16.0 Å². The van der Waals surface area contributed by atoms with Crippen LogP contribution in [0.2, 0.25) is 0 Å². The molecule has 1 aromatic carbocycles. The lowest BCUT2D eigenvalue weighted by atomic mass is 10.1. The molecule has 7 nitrogen and oxygen atoms in total. The third kappa shape index (κ3) is 3.73. The average Bonchev–Trinajstić information content (AvgIpc) is 3.20. The molecule has 0 N–H and O–H groups in total. The van der Waals surface area contributed by atoms with Gasteiger partial charge in [0, 0.05) is 51.0 Å². The van der Waals surface area contributed by atoms with Gasteiger partial charge in [-0.05, 0) is 30.2 Å². The predicted molar refractivity (Wildman–Crippen MR) is 114 cm³/mol. The Kier molecular flexibility index (Phi) is 5.66. The molecule has 7 heteroatoms. The first-order valence-corrected chi connectivity index (χ1v) is 10.4. The van der Waals surface area contributed by atoms with Crippen molar-refractivity contribution >= 4 is 23.3 Å². The van der Waals surface area contributed by atoms with Crippen molar-refractivity contribution in [1.82, 2.24) is 9.88 Å². The lowest BCUT2D eigenvalue weighted by Gasteiger charge is -2.36. The molecule has 0 bridgehead atoms. The molecule has 0 saturated carbocycles. The standard InChI is InChI=1S/C23H25N5O2/c1-2-17-6-3-4-8-20(17)28-16-19(14-21(28)29)23(30)27-12-10-26(11-13-27)22-18(15-24)7-5-9-25-22/h3-9,19H,2,10-14,16H2,1H3. The van der Waals surface area contributed by atoms with Crippen LogP contribution in [0.25, 0.3) is 0 Å². The van der Waals surface area contributed by atoms with Gasteiger partial charge >= 0.3 is 0 Å². The Morgan fingerprint density at radius 3 is 2.67 bits per heavy atom. The molecule has 4 rings (SSSR count). The van der Waals surface area contributed by atoms with E-state index in [2.05, 4.69) is 18.0 Å². The van der Waals surface area contributed by atoms with E-state index in [1.165, 1.54) is 0 Å². The molecule has 1 atom stereocenters. The Hall–Kier alpha value is -3.40. The van der Waals surface area contributed by atoms with E-state index in [1.807, 2.05) is 34.1 Å². The number of amides is 2. The molecule has 1 aromatic heterocycles. The Morgan fingerprint density at radius 1 is 1.17 bits per heavy atom. The highest BCUT2D eigenvalue weighted by atomic mass is 16.2. The van der Waals surface area contributed by atoms with Crippen molar-refractivity contribution < 1.29 is 9.59 Å². The van der Waals surface area contributed by atoms with E-state index >= 15 is 0 Å². The normalized spacial score (nSPS) is 19.1. The van der Waals surface area contributed by atoms with Crippen LogP contribution in [0, 0.1) is 17.2 Å². The van der Waals surface area contributed by atoms with Gasteiger partial charge in [-0.1, -0.05) is 25.1 Å². The second kappa shape index (κ2) is 8.54. The van der Waals surface area contributed by atoms with Gasteiger partial charge in [-0.3, -0.25) is 9.59 Å². The number of anilines is 2. The molecular weight excluding hydrogens is 378 g/mol. The molecule has 2 fully saturated rings. The highest BCUT2D eigenvalue weighted by molar-refractivity contribution is 6.00. The number of pyridine rings is 1. The number of benzene rings is 1. The second-order valence-corrected chi connectivity index (χ2v) is 7.69. The summed E-state index contributed by atoms with van der Waals surface area (Å²) >= 11 is 0. The number of para-hydroxylation sites is 1. The monoisotopic (exact) mass is 403 g/mol. The number of rotatable bonds is 4. The van der Waals surface area contributed by atoms with Gasteiger partial charge in [0.25, 0.3) is 0 Å². The zero-order valence-electron chi connectivity index (χ0n) is 17.1. The Labute approximate surface area is 176 Å². The number of piperazine rings is 1. The summed E-state index contributed by atoms with van der Waals surface area (Å²) in [6.07, 6.45) is 2.79. The van der Waals surface area contributed by atoms with E-state index in [0.717, 1.165) is 17.7 Å². The topological polar surface area (TPSA) is 80.5 Å². The van der Waals surface area contributed by atoms with E-state index in [4.69, 9.17) is 0 Å². The fourth-order valence-corrected chi connectivity index (χ4v) is 4.31. The molecule has 154 valence electrons. The highest BCUT2D eigenvalue weighted by Gasteiger charge is 2.38. The quantitative estimate of drug-likeness (QED) is 0.782. The summed E-state index contributed by atoms with van der Waals surface area (Å²) in [6, 6.07) is 13.6. The van der Waals surface area contributed by atoms with Crippen LogP contribution in [0.15, 0.2) is 42.6 Å². The molecule has 2 aliphatic heterocycles. The van der Waals surface area contributed by atoms with E-state index in [0.29, 0.717) is 44.1 Å². The predicted octanol–water partition coefficient (Wildman–Crippen LogP) is 2.22. The molecule has 30 heavy (non-hydrogen) atoms. The molecule has 0 radical (unpaired) electrons. The number of aromatic nitrogens is 1. The maximum absolute atomic E-state index is 13.1. The number of carbonyl (C=O) groups excluding carboxylic acids is 2. The van der Waals surface area contributed by atoms with Crippen molar-refractivity contribution in [2.24, 2.45) is 5.92 Å². The maximum Gasteiger partial charge on any atom is 0.228 e. The van der Waals surface area contributed by atoms with Crippen LogP contribution in [0.5, 0.6) is 0 Å². The molecule has 2 aliphatic rings. The van der Waals surface area contributed by atoms with Crippen LogP contribution in [-0.4, -0.2) is 54.4 Å². The summed E-state index contributed by atoms with van der Waals surface area (Å²) in [5.74, 6) is 0.421. The van der Waals surface area contributed by atoms with Crippen LogP contribution in [0.1, 0.15) is 24.5 Å². The van der Waals surface area contributed by atoms with Gasteiger partial charge in [0.1, 0.15) is 11.9 Å². The lowest BCUT2D eigenvalue weighted by Crippen LogP contribution is -2.51. The molecule has 2 aromatic rings. The van der Waals surface area contributed by atoms with Gasteiger partial charge in [0.05, 0.1) is 11.5 Å². The van der Waals surface area contributed by atoms with Gasteiger partial charge < -0.3 is 14.7 Å². The van der Waals surface area contributed by atoms with Crippen LogP contribution < -0.4 is 9.80 Å². The fourth-order valence-electron chi connectivity index (χ4n) is 4.31. The van der Waals surface area contributed by atoms with Gasteiger partial charge in [-0.15, -0.1) is 0 Å². The molecule has 1 unspecified atom stereocenters. The second-order valence-electron chi connectivity index (χ2n) is 7.69. The minimum Gasteiger partial charge on any atom is -0.352 e. The number of carbonyl (C=O) groups is 2. The van der Waals surface area contributed by atoms with Crippen LogP contribution in [0.3, 0.4) is 0 Å². The van der Waals surface area contributed by atoms with Crippen LogP contribution in [0.4, 0.5) is 11.5 Å². The minimum atomic E-state index is -0.307. The third-order valence-corrected chi connectivity index (χ3v) is 5.94. The Bertz CT molecular complexity index is 991. The maximum atomic E-state index is 13.1. The average molecular weight is 403 g/mol. The van der Waals surface area contributed by atoms with E-state index < -0.39 is 0 Å². The van der Waals surface area contributed by atoms with Gasteiger partial charge in [-0.2, -0.15) is 5.26 Å². The number of hydrogen-bond donors (Lipinski definition) is 0. The Balaban J connectivity index is 1.40. The first-order chi connectivity index (χ1) is 14.6. The summed E-state index contributed by atoms with van der Waals surface area (Å²) in [4.78, 5) is 35.8. The Morgan fingerprint density at radius 2 is 1.93 bits per heavy atom. The summed E-state index contributed by atoms with van der Waals surface area (Å²) in [5.41, 5.74) is 2.59. The molecule has 3 heterocycles. The van der Waals surface area contributed by atoms with Crippen molar-refractivity contribution in [3.8, 4) is 6.07 Å². The van der Waals surface area contributed by atoms with Crippen LogP contribution >= 0.6 is 0 Å². The van der Waals surface area contributed by atoms with Crippen molar-refractivity contribution in [3.05, 3.63) is 53.7 Å². The molecule has 0 spiro atoms. The summed E-state index contributed by atoms with van der Waals surface area (Å²) in [6.45, 7) is 4.89. The van der Waals surface area contributed by atoms with Crippen molar-refractivity contribution in [3.63, 3.8) is 0 Å². The first-order valence-electron chi connectivity index (χ1n) is 10.4. The third-order valence-electron chi connectivity index (χ3n) is 5.94. The number of aryl methyl sites for hydroxylation is 1. The number of nitriles is 1. The minimum absolute atomic E-state index is 0.0139. The lowest BCUT2D eigenvalue weighted by molar-refractivity contribution is -0.136. The summed E-state index contributed by atoms with van der Waals surface area (Å²) < 4.78 is 0. The smallest absolute Gasteiger partial charge is 0.228 e. The molecule has 0 aliphatic carbocycles.